The van der Waals surface area contributed by atoms with E-state index < -0.39 is 28.5 Å². The zero-order valence-electron chi connectivity index (χ0n) is 18.2. The number of hydrogen-bond acceptors (Lipinski definition) is 5. The van der Waals surface area contributed by atoms with E-state index in [4.69, 9.17) is 4.74 Å². The minimum absolute atomic E-state index is 0.275. The standard InChI is InChI=1S/C22H29N3O5S/c1-17(22(27)23-2)24(15-14-18-8-6-5-7-9-18)21(26)16-25(31(4,28)29)19-10-12-20(30-3)13-11-19/h5-13,17H,14-16H2,1-4H3,(H,23,27)/t17-/m0/s1. The van der Waals surface area contributed by atoms with Gasteiger partial charge in [0.25, 0.3) is 0 Å². The number of rotatable bonds is 10. The number of nitrogens with zero attached hydrogens (tertiary/aromatic N) is 2. The van der Waals surface area contributed by atoms with Gasteiger partial charge in [0.15, 0.2) is 0 Å². The first-order chi connectivity index (χ1) is 14.7. The molecule has 8 nitrogen and oxygen atoms in total. The Morgan fingerprint density at radius 1 is 1.06 bits per heavy atom. The summed E-state index contributed by atoms with van der Waals surface area (Å²) in [5.74, 6) is -0.216. The zero-order valence-corrected chi connectivity index (χ0v) is 19.1. The second-order valence-electron chi connectivity index (χ2n) is 7.08. The van der Waals surface area contributed by atoms with Gasteiger partial charge in [0, 0.05) is 13.6 Å². The second-order valence-corrected chi connectivity index (χ2v) is 8.99. The first kappa shape index (κ1) is 24.2. The van der Waals surface area contributed by atoms with E-state index in [1.54, 1.807) is 31.2 Å². The number of ether oxygens (including phenoxy) is 1. The highest BCUT2D eigenvalue weighted by molar-refractivity contribution is 7.92. The summed E-state index contributed by atoms with van der Waals surface area (Å²) in [6, 6.07) is 15.2. The maximum atomic E-state index is 13.2. The van der Waals surface area contributed by atoms with Gasteiger partial charge in [0.2, 0.25) is 21.8 Å². The van der Waals surface area contributed by atoms with Crippen LogP contribution >= 0.6 is 0 Å². The van der Waals surface area contributed by atoms with Gasteiger partial charge in [0.05, 0.1) is 19.1 Å². The quantitative estimate of drug-likeness (QED) is 0.598. The van der Waals surface area contributed by atoms with Crippen LogP contribution in [-0.2, 0) is 26.0 Å². The average Bonchev–Trinajstić information content (AvgIpc) is 2.76. The number of carbonyl (C=O) groups is 2. The van der Waals surface area contributed by atoms with E-state index in [9.17, 15) is 18.0 Å². The minimum atomic E-state index is -3.74. The lowest BCUT2D eigenvalue weighted by atomic mass is 10.1. The van der Waals surface area contributed by atoms with Crippen LogP contribution in [0.2, 0.25) is 0 Å². The van der Waals surface area contributed by atoms with Crippen LogP contribution in [0.4, 0.5) is 5.69 Å². The summed E-state index contributed by atoms with van der Waals surface area (Å²) >= 11 is 0. The van der Waals surface area contributed by atoms with Crippen molar-refractivity contribution < 1.29 is 22.7 Å². The van der Waals surface area contributed by atoms with Crippen molar-refractivity contribution in [3.63, 3.8) is 0 Å². The summed E-state index contributed by atoms with van der Waals surface area (Å²) in [6.07, 6.45) is 1.58. The molecule has 31 heavy (non-hydrogen) atoms. The van der Waals surface area contributed by atoms with E-state index >= 15 is 0 Å². The molecule has 1 N–H and O–H groups in total. The molecule has 0 unspecified atom stereocenters. The van der Waals surface area contributed by atoms with Crippen LogP contribution in [0.25, 0.3) is 0 Å². The number of sulfonamides is 1. The fourth-order valence-electron chi connectivity index (χ4n) is 3.14. The Kier molecular flexibility index (Phi) is 8.44. The van der Waals surface area contributed by atoms with Crippen molar-refractivity contribution in [3.8, 4) is 5.75 Å². The van der Waals surface area contributed by atoms with Crippen molar-refractivity contribution >= 4 is 27.5 Å². The Morgan fingerprint density at radius 2 is 1.68 bits per heavy atom. The molecule has 0 bridgehead atoms. The molecule has 0 saturated carbocycles. The molecular formula is C22H29N3O5S. The van der Waals surface area contributed by atoms with Gasteiger partial charge in [-0.3, -0.25) is 13.9 Å². The molecule has 0 fully saturated rings. The lowest BCUT2D eigenvalue weighted by Gasteiger charge is -2.31. The summed E-state index contributed by atoms with van der Waals surface area (Å²) in [4.78, 5) is 26.8. The molecule has 2 aromatic rings. The highest BCUT2D eigenvalue weighted by atomic mass is 32.2. The topological polar surface area (TPSA) is 96.0 Å². The number of likely N-dealkylation sites (N-methyl/N-ethyl adjacent to an activating group) is 1. The van der Waals surface area contributed by atoms with Crippen LogP contribution < -0.4 is 14.4 Å². The summed E-state index contributed by atoms with van der Waals surface area (Å²) < 4.78 is 31.0. The molecule has 0 saturated heterocycles. The predicted molar refractivity (Wildman–Crippen MR) is 121 cm³/mol. The normalized spacial score (nSPS) is 12.0. The monoisotopic (exact) mass is 447 g/mol. The molecule has 9 heteroatoms. The first-order valence-electron chi connectivity index (χ1n) is 9.84. The summed E-state index contributed by atoms with van der Waals surface area (Å²) in [6.45, 7) is 1.48. The Bertz CT molecular complexity index is 978. The fourth-order valence-corrected chi connectivity index (χ4v) is 3.99. The van der Waals surface area contributed by atoms with Crippen molar-refractivity contribution in [2.45, 2.75) is 19.4 Å². The third-order valence-electron chi connectivity index (χ3n) is 4.94. The number of amides is 2. The molecule has 0 aliphatic carbocycles. The van der Waals surface area contributed by atoms with Crippen molar-refractivity contribution in [2.24, 2.45) is 0 Å². The smallest absolute Gasteiger partial charge is 0.244 e. The number of carbonyl (C=O) groups excluding carboxylic acids is 2. The van der Waals surface area contributed by atoms with Gasteiger partial charge in [-0.1, -0.05) is 30.3 Å². The summed E-state index contributed by atoms with van der Waals surface area (Å²) in [5.41, 5.74) is 1.35. The number of nitrogens with one attached hydrogen (secondary N) is 1. The van der Waals surface area contributed by atoms with E-state index in [0.29, 0.717) is 17.9 Å². The number of anilines is 1. The highest BCUT2D eigenvalue weighted by Crippen LogP contribution is 2.22. The van der Waals surface area contributed by atoms with Crippen LogP contribution in [0.3, 0.4) is 0 Å². The second kappa shape index (κ2) is 10.8. The molecule has 1 atom stereocenters. The van der Waals surface area contributed by atoms with E-state index in [1.807, 2.05) is 30.3 Å². The van der Waals surface area contributed by atoms with Gasteiger partial charge < -0.3 is 15.0 Å². The molecule has 0 aliphatic heterocycles. The molecule has 2 aromatic carbocycles. The van der Waals surface area contributed by atoms with Gasteiger partial charge in [-0.25, -0.2) is 8.42 Å². The largest absolute Gasteiger partial charge is 0.497 e. The van der Waals surface area contributed by atoms with Gasteiger partial charge in [-0.2, -0.15) is 0 Å². The molecular weight excluding hydrogens is 418 g/mol. The average molecular weight is 448 g/mol. The van der Waals surface area contributed by atoms with Crippen LogP contribution in [0.15, 0.2) is 54.6 Å². The van der Waals surface area contributed by atoms with E-state index in [-0.39, 0.29) is 12.5 Å². The Hall–Kier alpha value is -3.07. The van der Waals surface area contributed by atoms with E-state index in [1.165, 1.54) is 19.1 Å². The molecule has 0 aromatic heterocycles. The van der Waals surface area contributed by atoms with Crippen LogP contribution in [0.5, 0.6) is 5.75 Å². The number of methoxy groups -OCH3 is 1. The molecule has 168 valence electrons. The third-order valence-corrected chi connectivity index (χ3v) is 6.08. The van der Waals surface area contributed by atoms with Crippen LogP contribution in [0.1, 0.15) is 12.5 Å². The zero-order chi connectivity index (χ0) is 23.0. The predicted octanol–water partition coefficient (Wildman–Crippen LogP) is 1.67. The number of benzene rings is 2. The van der Waals surface area contributed by atoms with Gasteiger partial charge in [0.1, 0.15) is 18.3 Å². The number of hydrogen-bond donors (Lipinski definition) is 1. The first-order valence-corrected chi connectivity index (χ1v) is 11.7. The highest BCUT2D eigenvalue weighted by Gasteiger charge is 2.29. The van der Waals surface area contributed by atoms with Crippen LogP contribution in [-0.4, -0.2) is 64.7 Å². The maximum absolute atomic E-state index is 13.2. The van der Waals surface area contributed by atoms with Crippen molar-refractivity contribution in [1.82, 2.24) is 10.2 Å². The maximum Gasteiger partial charge on any atom is 0.244 e. The van der Waals surface area contributed by atoms with Gasteiger partial charge in [-0.15, -0.1) is 0 Å². The van der Waals surface area contributed by atoms with E-state index in [2.05, 4.69) is 5.32 Å². The molecule has 0 aliphatic rings. The fraction of sp³-hybridized carbons (Fsp3) is 0.364. The lowest BCUT2D eigenvalue weighted by Crippen LogP contribution is -2.51. The lowest BCUT2D eigenvalue weighted by molar-refractivity contribution is -0.138. The van der Waals surface area contributed by atoms with Crippen molar-refractivity contribution in [1.29, 1.82) is 0 Å². The Morgan fingerprint density at radius 3 is 2.19 bits per heavy atom. The van der Waals surface area contributed by atoms with Gasteiger partial charge in [-0.05, 0) is 43.2 Å². The SMILES string of the molecule is CNC(=O)[C@H](C)N(CCc1ccccc1)C(=O)CN(c1ccc(OC)cc1)S(C)(=O)=O. The van der Waals surface area contributed by atoms with E-state index in [0.717, 1.165) is 16.1 Å². The summed E-state index contributed by atoms with van der Waals surface area (Å²) in [7, 11) is -0.730. The molecule has 0 heterocycles. The molecule has 2 rings (SSSR count). The summed E-state index contributed by atoms with van der Waals surface area (Å²) in [5, 5.41) is 2.55. The van der Waals surface area contributed by atoms with Gasteiger partial charge >= 0.3 is 0 Å². The molecule has 0 radical (unpaired) electrons. The van der Waals surface area contributed by atoms with Crippen LogP contribution in [0, 0.1) is 0 Å². The van der Waals surface area contributed by atoms with Crippen molar-refractivity contribution in [2.75, 3.05) is 37.8 Å². The third kappa shape index (κ3) is 6.71. The Labute approximate surface area is 183 Å². The van der Waals surface area contributed by atoms with Crippen molar-refractivity contribution in [3.05, 3.63) is 60.2 Å². The molecule has 0 spiro atoms. The minimum Gasteiger partial charge on any atom is -0.497 e. The Balaban J connectivity index is 2.27. The molecule has 2 amide bonds.